The van der Waals surface area contributed by atoms with Gasteiger partial charge in [0.05, 0.1) is 20.3 Å². The summed E-state index contributed by atoms with van der Waals surface area (Å²) >= 11 is 0. The molecule has 1 unspecified atom stereocenters. The van der Waals surface area contributed by atoms with Crippen LogP contribution in [0.3, 0.4) is 0 Å². The molecular formula is C19H27N5O2. The van der Waals surface area contributed by atoms with E-state index >= 15 is 0 Å². The molecule has 0 radical (unpaired) electrons. The van der Waals surface area contributed by atoms with Crippen molar-refractivity contribution in [3.63, 3.8) is 0 Å². The Hall–Kier alpha value is -2.41. The highest BCUT2D eigenvalue weighted by Gasteiger charge is 2.25. The van der Waals surface area contributed by atoms with E-state index in [1.165, 1.54) is 0 Å². The van der Waals surface area contributed by atoms with E-state index in [1.807, 2.05) is 37.2 Å². The number of methoxy groups -OCH3 is 1. The Morgan fingerprint density at radius 2 is 2.04 bits per heavy atom. The average Bonchev–Trinajstić information content (AvgIpc) is 2.67. The molecule has 1 fully saturated rings. The summed E-state index contributed by atoms with van der Waals surface area (Å²) in [6.07, 6.45) is -0.0408. The molecule has 2 heterocycles. The maximum atomic E-state index is 5.99. The fourth-order valence-corrected chi connectivity index (χ4v) is 2.84. The van der Waals surface area contributed by atoms with Crippen LogP contribution in [0, 0.1) is 0 Å². The van der Waals surface area contributed by atoms with Crippen LogP contribution in [0.15, 0.2) is 24.3 Å². The minimum Gasteiger partial charge on any atom is -0.497 e. The molecule has 2 aromatic rings. The van der Waals surface area contributed by atoms with Gasteiger partial charge in [-0.25, -0.2) is 0 Å². The van der Waals surface area contributed by atoms with Crippen LogP contribution in [0.25, 0.3) is 0 Å². The third-order valence-electron chi connectivity index (χ3n) is 4.36. The summed E-state index contributed by atoms with van der Waals surface area (Å²) in [5, 5.41) is 0. The topological polar surface area (TPSA) is 63.6 Å². The number of ether oxygens (including phenoxy) is 2. The van der Waals surface area contributed by atoms with Gasteiger partial charge in [0.2, 0.25) is 11.9 Å². The molecule has 1 aromatic carbocycles. The summed E-state index contributed by atoms with van der Waals surface area (Å²) in [7, 11) is 5.57. The Kier molecular flexibility index (Phi) is 5.56. The number of hydrogen-bond acceptors (Lipinski definition) is 7. The fraction of sp³-hybridized carbons (Fsp3) is 0.526. The van der Waals surface area contributed by atoms with Crippen molar-refractivity contribution < 1.29 is 9.47 Å². The van der Waals surface area contributed by atoms with Crippen molar-refractivity contribution in [3.05, 3.63) is 35.7 Å². The van der Waals surface area contributed by atoms with Gasteiger partial charge in [0, 0.05) is 26.6 Å². The molecule has 0 aliphatic carbocycles. The van der Waals surface area contributed by atoms with E-state index in [0.29, 0.717) is 25.0 Å². The monoisotopic (exact) mass is 357 g/mol. The van der Waals surface area contributed by atoms with Crippen LogP contribution in [0.1, 0.15) is 37.3 Å². The predicted octanol–water partition coefficient (Wildman–Crippen LogP) is 2.65. The lowest BCUT2D eigenvalue weighted by Gasteiger charge is -2.33. The molecule has 0 spiro atoms. The molecule has 3 rings (SSSR count). The molecule has 140 valence electrons. The van der Waals surface area contributed by atoms with Crippen LogP contribution in [-0.2, 0) is 4.74 Å². The number of anilines is 2. The van der Waals surface area contributed by atoms with Gasteiger partial charge in [-0.1, -0.05) is 26.0 Å². The maximum Gasteiger partial charge on any atom is 0.230 e. The normalized spacial score (nSPS) is 17.5. The zero-order valence-corrected chi connectivity index (χ0v) is 16.1. The van der Waals surface area contributed by atoms with Gasteiger partial charge in [-0.2, -0.15) is 15.0 Å². The second-order valence-corrected chi connectivity index (χ2v) is 6.92. The Morgan fingerprint density at radius 3 is 2.73 bits per heavy atom. The van der Waals surface area contributed by atoms with Crippen molar-refractivity contribution in [2.75, 3.05) is 50.7 Å². The average molecular weight is 357 g/mol. The molecule has 1 aliphatic heterocycles. The largest absolute Gasteiger partial charge is 0.497 e. The first-order valence-corrected chi connectivity index (χ1v) is 8.91. The molecule has 1 aliphatic rings. The molecule has 0 bridgehead atoms. The molecule has 0 amide bonds. The van der Waals surface area contributed by atoms with E-state index in [0.717, 1.165) is 23.7 Å². The molecule has 0 saturated carbocycles. The van der Waals surface area contributed by atoms with Gasteiger partial charge < -0.3 is 19.3 Å². The lowest BCUT2D eigenvalue weighted by Crippen LogP contribution is -2.39. The summed E-state index contributed by atoms with van der Waals surface area (Å²) < 4.78 is 11.3. The van der Waals surface area contributed by atoms with Crippen molar-refractivity contribution in [1.29, 1.82) is 0 Å². The smallest absolute Gasteiger partial charge is 0.230 e. The van der Waals surface area contributed by atoms with Crippen molar-refractivity contribution in [3.8, 4) is 5.75 Å². The highest BCUT2D eigenvalue weighted by molar-refractivity contribution is 5.40. The third kappa shape index (κ3) is 4.04. The first-order valence-electron chi connectivity index (χ1n) is 8.91. The quantitative estimate of drug-likeness (QED) is 0.815. The molecule has 7 heteroatoms. The van der Waals surface area contributed by atoms with Gasteiger partial charge in [0.15, 0.2) is 0 Å². The van der Waals surface area contributed by atoms with Gasteiger partial charge in [-0.3, -0.25) is 0 Å². The van der Waals surface area contributed by atoms with Gasteiger partial charge in [0.1, 0.15) is 17.7 Å². The van der Waals surface area contributed by atoms with E-state index in [4.69, 9.17) is 14.5 Å². The highest BCUT2D eigenvalue weighted by Crippen LogP contribution is 2.27. The second-order valence-electron chi connectivity index (χ2n) is 6.92. The van der Waals surface area contributed by atoms with E-state index in [-0.39, 0.29) is 12.0 Å². The number of aromatic nitrogens is 3. The van der Waals surface area contributed by atoms with Crippen molar-refractivity contribution in [2.45, 2.75) is 25.9 Å². The van der Waals surface area contributed by atoms with Gasteiger partial charge in [-0.05, 0) is 17.7 Å². The van der Waals surface area contributed by atoms with Crippen LogP contribution >= 0.6 is 0 Å². The number of rotatable bonds is 5. The van der Waals surface area contributed by atoms with Gasteiger partial charge >= 0.3 is 0 Å². The lowest BCUT2D eigenvalue weighted by atomic mass is 10.1. The van der Waals surface area contributed by atoms with Crippen LogP contribution in [0.4, 0.5) is 11.9 Å². The van der Waals surface area contributed by atoms with E-state index < -0.39 is 0 Å². The first-order chi connectivity index (χ1) is 12.5. The summed E-state index contributed by atoms with van der Waals surface area (Å²) in [5.74, 6) is 3.28. The summed E-state index contributed by atoms with van der Waals surface area (Å²) in [5.41, 5.74) is 1.10. The first kappa shape index (κ1) is 18.4. The third-order valence-corrected chi connectivity index (χ3v) is 4.36. The van der Waals surface area contributed by atoms with Gasteiger partial charge in [0.25, 0.3) is 0 Å². The van der Waals surface area contributed by atoms with Crippen LogP contribution in [-0.4, -0.2) is 55.9 Å². The number of nitrogens with zero attached hydrogens (tertiary/aromatic N) is 5. The Morgan fingerprint density at radius 1 is 1.23 bits per heavy atom. The molecule has 26 heavy (non-hydrogen) atoms. The van der Waals surface area contributed by atoms with Crippen LogP contribution in [0.5, 0.6) is 5.75 Å². The minimum absolute atomic E-state index is 0.0408. The Labute approximate surface area is 155 Å². The SMILES string of the molecule is COc1cccc(C2CN(c3nc(C(C)C)nc(N(C)C)n3)CCO2)c1. The van der Waals surface area contributed by atoms with Crippen LogP contribution in [0.2, 0.25) is 0 Å². The summed E-state index contributed by atoms with van der Waals surface area (Å²) in [6.45, 7) is 6.27. The van der Waals surface area contributed by atoms with Crippen molar-refractivity contribution >= 4 is 11.9 Å². The maximum absolute atomic E-state index is 5.99. The zero-order valence-electron chi connectivity index (χ0n) is 16.1. The summed E-state index contributed by atoms with van der Waals surface area (Å²) in [6, 6.07) is 8.01. The second kappa shape index (κ2) is 7.86. The zero-order chi connectivity index (χ0) is 18.7. The van der Waals surface area contributed by atoms with E-state index in [2.05, 4.69) is 34.8 Å². The molecule has 0 N–H and O–H groups in total. The number of benzene rings is 1. The Balaban J connectivity index is 1.87. The Bertz CT molecular complexity index is 724. The van der Waals surface area contributed by atoms with Crippen molar-refractivity contribution in [2.24, 2.45) is 0 Å². The van der Waals surface area contributed by atoms with Gasteiger partial charge in [-0.15, -0.1) is 0 Å². The number of hydrogen-bond donors (Lipinski definition) is 0. The highest BCUT2D eigenvalue weighted by atomic mass is 16.5. The fourth-order valence-electron chi connectivity index (χ4n) is 2.84. The summed E-state index contributed by atoms with van der Waals surface area (Å²) in [4.78, 5) is 18.0. The molecule has 1 atom stereocenters. The lowest BCUT2D eigenvalue weighted by molar-refractivity contribution is 0.0391. The minimum atomic E-state index is -0.0408. The van der Waals surface area contributed by atoms with E-state index in [9.17, 15) is 0 Å². The molecule has 1 aromatic heterocycles. The standard InChI is InChI=1S/C19H27N5O2/c1-13(2)17-20-18(23(3)4)22-19(21-17)24-9-10-26-16(12-24)14-7-6-8-15(11-14)25-5/h6-8,11,13,16H,9-10,12H2,1-5H3. The molecular weight excluding hydrogens is 330 g/mol. The number of morpholine rings is 1. The van der Waals surface area contributed by atoms with Crippen molar-refractivity contribution in [1.82, 2.24) is 15.0 Å². The molecule has 7 nitrogen and oxygen atoms in total. The van der Waals surface area contributed by atoms with Crippen LogP contribution < -0.4 is 14.5 Å². The predicted molar refractivity (Wildman–Crippen MR) is 102 cm³/mol. The molecule has 1 saturated heterocycles. The van der Waals surface area contributed by atoms with E-state index in [1.54, 1.807) is 7.11 Å².